The Labute approximate surface area is 98.0 Å². The summed E-state index contributed by atoms with van der Waals surface area (Å²) in [5, 5.41) is 0. The molecule has 0 fully saturated rings. The van der Waals surface area contributed by atoms with Crippen molar-refractivity contribution in [1.29, 1.82) is 0 Å². The molecule has 0 aliphatic rings. The van der Waals surface area contributed by atoms with E-state index in [0.29, 0.717) is 18.1 Å². The highest BCUT2D eigenvalue weighted by atomic mass is 32.1. The molecule has 0 aromatic carbocycles. The largest absolute Gasteiger partial charge is 0.484 e. The number of hydrogen-bond donors (Lipinski definition) is 1. The van der Waals surface area contributed by atoms with Gasteiger partial charge < -0.3 is 14.9 Å². The molecular formula is C11H10N2O2S. The highest BCUT2D eigenvalue weighted by Gasteiger charge is 2.00. The van der Waals surface area contributed by atoms with Crippen molar-refractivity contribution in [3.05, 3.63) is 48.2 Å². The van der Waals surface area contributed by atoms with Gasteiger partial charge in [-0.3, -0.25) is 0 Å². The molecule has 0 saturated carbocycles. The maximum absolute atomic E-state index is 5.44. The second kappa shape index (κ2) is 4.76. The number of thiocarbonyl (C=S) groups is 1. The molecule has 0 radical (unpaired) electrons. The van der Waals surface area contributed by atoms with Crippen molar-refractivity contribution < 1.29 is 9.15 Å². The number of ether oxygens (including phenoxy) is 1. The highest BCUT2D eigenvalue weighted by Crippen LogP contribution is 2.12. The summed E-state index contributed by atoms with van der Waals surface area (Å²) in [6.07, 6.45) is 3.18. The Hall–Kier alpha value is -1.88. The Morgan fingerprint density at radius 3 is 2.88 bits per heavy atom. The molecule has 0 saturated heterocycles. The first kappa shape index (κ1) is 10.6. The van der Waals surface area contributed by atoms with E-state index in [1.165, 1.54) is 0 Å². The molecule has 16 heavy (non-hydrogen) atoms. The van der Waals surface area contributed by atoms with E-state index in [-0.39, 0.29) is 4.99 Å². The predicted molar refractivity (Wildman–Crippen MR) is 63.2 cm³/mol. The minimum atomic E-state index is 0.276. The van der Waals surface area contributed by atoms with Crippen molar-refractivity contribution >= 4 is 17.2 Å². The average Bonchev–Trinajstić information content (AvgIpc) is 2.80. The summed E-state index contributed by atoms with van der Waals surface area (Å²) in [5.41, 5.74) is 6.01. The van der Waals surface area contributed by atoms with E-state index in [1.54, 1.807) is 24.6 Å². The fraction of sp³-hybridized carbons (Fsp3) is 0.0909. The van der Waals surface area contributed by atoms with Crippen LogP contribution in [0.5, 0.6) is 5.75 Å². The zero-order valence-corrected chi connectivity index (χ0v) is 9.24. The van der Waals surface area contributed by atoms with E-state index in [1.807, 2.05) is 12.1 Å². The number of pyridine rings is 1. The Bertz CT molecular complexity index is 465. The Morgan fingerprint density at radius 1 is 1.44 bits per heavy atom. The predicted octanol–water partition coefficient (Wildman–Crippen LogP) is 1.89. The smallest absolute Gasteiger partial charge is 0.146 e. The zero-order chi connectivity index (χ0) is 11.4. The van der Waals surface area contributed by atoms with Gasteiger partial charge in [-0.1, -0.05) is 12.2 Å². The molecule has 0 amide bonds. The molecular weight excluding hydrogens is 224 g/mol. The lowest BCUT2D eigenvalue weighted by atomic mass is 10.3. The van der Waals surface area contributed by atoms with Crippen molar-refractivity contribution in [2.24, 2.45) is 5.73 Å². The summed E-state index contributed by atoms with van der Waals surface area (Å²) in [7, 11) is 0. The van der Waals surface area contributed by atoms with Crippen LogP contribution in [0.1, 0.15) is 11.5 Å². The normalized spacial score (nSPS) is 10.0. The molecule has 0 aliphatic carbocycles. The molecule has 2 aromatic rings. The molecule has 2 aromatic heterocycles. The molecule has 2 N–H and O–H groups in total. The topological polar surface area (TPSA) is 61.3 Å². The van der Waals surface area contributed by atoms with Gasteiger partial charge in [0.25, 0.3) is 0 Å². The maximum Gasteiger partial charge on any atom is 0.146 e. The minimum absolute atomic E-state index is 0.276. The van der Waals surface area contributed by atoms with Crippen LogP contribution in [0, 0.1) is 0 Å². The summed E-state index contributed by atoms with van der Waals surface area (Å²) in [4.78, 5) is 4.33. The number of rotatable bonds is 4. The average molecular weight is 234 g/mol. The first-order chi connectivity index (χ1) is 7.75. The van der Waals surface area contributed by atoms with E-state index in [9.17, 15) is 0 Å². The van der Waals surface area contributed by atoms with Crippen LogP contribution in [-0.2, 0) is 6.61 Å². The van der Waals surface area contributed by atoms with Gasteiger partial charge >= 0.3 is 0 Å². The zero-order valence-electron chi connectivity index (χ0n) is 8.42. The molecule has 5 heteroatoms. The van der Waals surface area contributed by atoms with Crippen LogP contribution in [0.4, 0.5) is 0 Å². The van der Waals surface area contributed by atoms with Crippen molar-refractivity contribution in [1.82, 2.24) is 4.98 Å². The van der Waals surface area contributed by atoms with Crippen LogP contribution in [-0.4, -0.2) is 9.97 Å². The quantitative estimate of drug-likeness (QED) is 0.818. The lowest BCUT2D eigenvalue weighted by Gasteiger charge is -2.04. The van der Waals surface area contributed by atoms with Gasteiger partial charge in [-0.05, 0) is 24.3 Å². The van der Waals surface area contributed by atoms with Gasteiger partial charge in [0.15, 0.2) is 0 Å². The number of nitrogens with two attached hydrogens (primary N) is 1. The van der Waals surface area contributed by atoms with E-state index >= 15 is 0 Å². The fourth-order valence-corrected chi connectivity index (χ4v) is 1.28. The van der Waals surface area contributed by atoms with Crippen molar-refractivity contribution in [2.75, 3.05) is 0 Å². The van der Waals surface area contributed by atoms with Gasteiger partial charge in [0, 0.05) is 0 Å². The monoisotopic (exact) mass is 234 g/mol. The molecule has 0 aliphatic heterocycles. The standard InChI is InChI=1S/C11H10N2O2S/c12-11(16)10-4-3-8(6-13-10)15-7-9-2-1-5-14-9/h1-6H,7H2,(H2,12,16). The molecule has 0 unspecified atom stereocenters. The van der Waals surface area contributed by atoms with Gasteiger partial charge in [-0.25, -0.2) is 4.98 Å². The molecule has 4 nitrogen and oxygen atoms in total. The van der Waals surface area contributed by atoms with Crippen LogP contribution in [0.15, 0.2) is 41.1 Å². The molecule has 2 rings (SSSR count). The second-order valence-corrected chi connectivity index (χ2v) is 3.55. The van der Waals surface area contributed by atoms with Gasteiger partial charge in [0.05, 0.1) is 18.2 Å². The Kier molecular flexibility index (Phi) is 3.16. The highest BCUT2D eigenvalue weighted by molar-refractivity contribution is 7.80. The third-order valence-corrected chi connectivity index (χ3v) is 2.16. The van der Waals surface area contributed by atoms with Crippen LogP contribution < -0.4 is 10.5 Å². The van der Waals surface area contributed by atoms with Crippen LogP contribution in [0.25, 0.3) is 0 Å². The summed E-state index contributed by atoms with van der Waals surface area (Å²) in [6.45, 7) is 0.376. The number of nitrogens with zero attached hydrogens (tertiary/aromatic N) is 1. The summed E-state index contributed by atoms with van der Waals surface area (Å²) >= 11 is 4.79. The molecule has 2 heterocycles. The van der Waals surface area contributed by atoms with Crippen molar-refractivity contribution in [3.63, 3.8) is 0 Å². The van der Waals surface area contributed by atoms with Gasteiger partial charge in [-0.2, -0.15) is 0 Å². The lowest BCUT2D eigenvalue weighted by molar-refractivity contribution is 0.269. The first-order valence-corrected chi connectivity index (χ1v) is 5.07. The third-order valence-electron chi connectivity index (χ3n) is 1.95. The van der Waals surface area contributed by atoms with Gasteiger partial charge in [0.2, 0.25) is 0 Å². The van der Waals surface area contributed by atoms with E-state index in [2.05, 4.69) is 4.98 Å². The summed E-state index contributed by atoms with van der Waals surface area (Å²) in [6, 6.07) is 7.15. The Morgan fingerprint density at radius 2 is 2.31 bits per heavy atom. The summed E-state index contributed by atoms with van der Waals surface area (Å²) < 4.78 is 10.6. The van der Waals surface area contributed by atoms with Gasteiger partial charge in [-0.15, -0.1) is 0 Å². The number of aromatic nitrogens is 1. The fourth-order valence-electron chi connectivity index (χ4n) is 1.16. The third kappa shape index (κ3) is 2.58. The number of hydrogen-bond acceptors (Lipinski definition) is 4. The van der Waals surface area contributed by atoms with Gasteiger partial charge in [0.1, 0.15) is 23.1 Å². The van der Waals surface area contributed by atoms with Crippen LogP contribution in [0.2, 0.25) is 0 Å². The van der Waals surface area contributed by atoms with Crippen molar-refractivity contribution in [2.45, 2.75) is 6.61 Å². The van der Waals surface area contributed by atoms with E-state index in [0.717, 1.165) is 5.76 Å². The minimum Gasteiger partial charge on any atom is -0.484 e. The van der Waals surface area contributed by atoms with E-state index < -0.39 is 0 Å². The van der Waals surface area contributed by atoms with Crippen LogP contribution in [0.3, 0.4) is 0 Å². The first-order valence-electron chi connectivity index (χ1n) is 4.67. The molecule has 0 bridgehead atoms. The summed E-state index contributed by atoms with van der Waals surface area (Å²) in [5.74, 6) is 1.41. The molecule has 0 spiro atoms. The number of furan rings is 1. The molecule has 0 atom stereocenters. The Balaban J connectivity index is 1.98. The second-order valence-electron chi connectivity index (χ2n) is 3.11. The van der Waals surface area contributed by atoms with Crippen LogP contribution >= 0.6 is 12.2 Å². The lowest BCUT2D eigenvalue weighted by Crippen LogP contribution is -2.11. The SMILES string of the molecule is NC(=S)c1ccc(OCc2ccco2)cn1. The molecule has 82 valence electrons. The van der Waals surface area contributed by atoms with E-state index in [4.69, 9.17) is 27.1 Å². The van der Waals surface area contributed by atoms with Crippen molar-refractivity contribution in [3.8, 4) is 5.75 Å². The maximum atomic E-state index is 5.44.